The van der Waals surface area contributed by atoms with Crippen molar-refractivity contribution in [2.75, 3.05) is 20.2 Å². The van der Waals surface area contributed by atoms with Gasteiger partial charge in [-0.2, -0.15) is 0 Å². The van der Waals surface area contributed by atoms with Gasteiger partial charge in [-0.05, 0) is 94.1 Å². The Morgan fingerprint density at radius 3 is 1.52 bits per heavy atom. The minimum absolute atomic E-state index is 0.0466. The highest BCUT2D eigenvalue weighted by atomic mass is 32.2. The second-order valence-corrected chi connectivity index (χ2v) is 13.2. The Labute approximate surface area is 238 Å². The molecule has 0 aromatic heterocycles. The van der Waals surface area contributed by atoms with Crippen molar-refractivity contribution in [1.82, 2.24) is 9.44 Å². The van der Waals surface area contributed by atoms with E-state index in [-0.39, 0.29) is 40.8 Å². The summed E-state index contributed by atoms with van der Waals surface area (Å²) < 4.78 is 73.7. The van der Waals surface area contributed by atoms with Gasteiger partial charge in [-0.3, -0.25) is 0 Å². The monoisotopic (exact) mass is 590 g/mol. The minimum Gasteiger partial charge on any atom is -0.495 e. The molecule has 0 saturated carbocycles. The first-order chi connectivity index (χ1) is 18.9. The predicted octanol–water partition coefficient (Wildman–Crippen LogP) is 4.31. The molecule has 0 amide bonds. The summed E-state index contributed by atoms with van der Waals surface area (Å²) in [5, 5.41) is 0. The van der Waals surface area contributed by atoms with Crippen LogP contribution in [0.25, 0.3) is 0 Å². The van der Waals surface area contributed by atoms with Gasteiger partial charge in [0.2, 0.25) is 20.0 Å². The van der Waals surface area contributed by atoms with Gasteiger partial charge in [0.05, 0.1) is 24.2 Å². The molecule has 0 spiro atoms. The highest BCUT2D eigenvalue weighted by Gasteiger charge is 2.23. The van der Waals surface area contributed by atoms with Crippen LogP contribution in [0.5, 0.6) is 17.2 Å². The SMILES string of the molecule is COc1ccc(S(=O)(=O)NCCc2ccc(OC(C)C)cc2)cc1S(=O)(=O)NCCc1ccc(OC(C)C)cc1. The fourth-order valence-corrected chi connectivity index (χ4v) is 6.23. The molecule has 0 aliphatic carbocycles. The lowest BCUT2D eigenvalue weighted by Gasteiger charge is -2.14. The first kappa shape index (κ1) is 31.4. The fraction of sp³-hybridized carbons (Fsp3) is 0.379. The van der Waals surface area contributed by atoms with Crippen molar-refractivity contribution < 1.29 is 31.0 Å². The Bertz CT molecular complexity index is 1450. The molecule has 3 aromatic rings. The van der Waals surface area contributed by atoms with Crippen LogP contribution in [0.4, 0.5) is 0 Å². The number of sulfonamides is 2. The molecule has 3 aromatic carbocycles. The average molecular weight is 591 g/mol. The molecular formula is C29H38N2O7S2. The van der Waals surface area contributed by atoms with Gasteiger partial charge in [-0.1, -0.05) is 24.3 Å². The van der Waals surface area contributed by atoms with E-state index in [0.29, 0.717) is 12.8 Å². The van der Waals surface area contributed by atoms with E-state index < -0.39 is 20.0 Å². The molecule has 0 aliphatic rings. The van der Waals surface area contributed by atoms with E-state index in [4.69, 9.17) is 14.2 Å². The fourth-order valence-electron chi connectivity index (χ4n) is 3.87. The number of hydrogen-bond donors (Lipinski definition) is 2. The van der Waals surface area contributed by atoms with E-state index in [2.05, 4.69) is 9.44 Å². The molecule has 0 fully saturated rings. The standard InChI is InChI=1S/C29H38N2O7S2/c1-21(2)37-25-10-6-23(7-11-25)16-18-30-39(32,33)27-14-15-28(36-5)29(20-27)40(34,35)31-19-17-24-8-12-26(13-9-24)38-22(3)4/h6-15,20-22,30-31H,16-19H2,1-5H3. The normalized spacial score (nSPS) is 12.1. The van der Waals surface area contributed by atoms with Crippen molar-refractivity contribution in [3.63, 3.8) is 0 Å². The van der Waals surface area contributed by atoms with Crippen molar-refractivity contribution in [3.8, 4) is 17.2 Å². The van der Waals surface area contributed by atoms with Crippen LogP contribution in [-0.2, 0) is 32.9 Å². The smallest absolute Gasteiger partial charge is 0.244 e. The number of hydrogen-bond acceptors (Lipinski definition) is 7. The molecule has 9 nitrogen and oxygen atoms in total. The van der Waals surface area contributed by atoms with Crippen LogP contribution in [0.2, 0.25) is 0 Å². The summed E-state index contributed by atoms with van der Waals surface area (Å²) in [6.07, 6.45) is 1.01. The molecule has 40 heavy (non-hydrogen) atoms. The summed E-state index contributed by atoms with van der Waals surface area (Å²) in [5.41, 5.74) is 1.86. The van der Waals surface area contributed by atoms with Crippen LogP contribution < -0.4 is 23.7 Å². The first-order valence-corrected chi connectivity index (χ1v) is 16.0. The van der Waals surface area contributed by atoms with E-state index in [1.165, 1.54) is 19.2 Å². The van der Waals surface area contributed by atoms with Gasteiger partial charge in [0.15, 0.2) is 0 Å². The van der Waals surface area contributed by atoms with Crippen molar-refractivity contribution in [1.29, 1.82) is 0 Å². The quantitative estimate of drug-likeness (QED) is 0.271. The van der Waals surface area contributed by atoms with Crippen molar-refractivity contribution in [3.05, 3.63) is 77.9 Å². The minimum atomic E-state index is -4.06. The molecule has 0 heterocycles. The molecule has 2 N–H and O–H groups in total. The molecule has 0 saturated heterocycles. The van der Waals surface area contributed by atoms with Crippen LogP contribution in [0.15, 0.2) is 76.5 Å². The van der Waals surface area contributed by atoms with Crippen LogP contribution in [0.3, 0.4) is 0 Å². The summed E-state index contributed by atoms with van der Waals surface area (Å²) in [5.74, 6) is 1.53. The zero-order valence-corrected chi connectivity index (χ0v) is 25.1. The zero-order chi connectivity index (χ0) is 29.3. The molecule has 0 radical (unpaired) electrons. The summed E-state index contributed by atoms with van der Waals surface area (Å²) in [4.78, 5) is -0.422. The van der Waals surface area contributed by atoms with Crippen molar-refractivity contribution >= 4 is 20.0 Å². The first-order valence-electron chi connectivity index (χ1n) is 13.1. The summed E-state index contributed by atoms with van der Waals surface area (Å²) in [7, 11) is -6.70. The van der Waals surface area contributed by atoms with Crippen molar-refractivity contribution in [2.24, 2.45) is 0 Å². The second kappa shape index (κ2) is 14.0. The number of methoxy groups -OCH3 is 1. The highest BCUT2D eigenvalue weighted by molar-refractivity contribution is 7.90. The predicted molar refractivity (Wildman–Crippen MR) is 155 cm³/mol. The van der Waals surface area contributed by atoms with E-state index in [9.17, 15) is 16.8 Å². The number of ether oxygens (including phenoxy) is 3. The van der Waals surface area contributed by atoms with Gasteiger partial charge in [0.1, 0.15) is 22.1 Å². The maximum absolute atomic E-state index is 13.1. The van der Waals surface area contributed by atoms with Crippen molar-refractivity contribution in [2.45, 2.75) is 62.5 Å². The lowest BCUT2D eigenvalue weighted by molar-refractivity contribution is 0.242. The highest BCUT2D eigenvalue weighted by Crippen LogP contribution is 2.27. The van der Waals surface area contributed by atoms with Gasteiger partial charge >= 0.3 is 0 Å². The molecular weight excluding hydrogens is 552 g/mol. The number of rotatable bonds is 15. The van der Waals surface area contributed by atoms with Crippen LogP contribution in [0.1, 0.15) is 38.8 Å². The molecule has 0 bridgehead atoms. The van der Waals surface area contributed by atoms with Gasteiger partial charge in [0, 0.05) is 13.1 Å². The van der Waals surface area contributed by atoms with Crippen LogP contribution >= 0.6 is 0 Å². The largest absolute Gasteiger partial charge is 0.495 e. The van der Waals surface area contributed by atoms with Gasteiger partial charge in [-0.25, -0.2) is 26.3 Å². The Morgan fingerprint density at radius 1 is 0.650 bits per heavy atom. The zero-order valence-electron chi connectivity index (χ0n) is 23.5. The topological polar surface area (TPSA) is 120 Å². The van der Waals surface area contributed by atoms with E-state index in [0.717, 1.165) is 28.7 Å². The van der Waals surface area contributed by atoms with Crippen LogP contribution in [-0.4, -0.2) is 49.2 Å². The van der Waals surface area contributed by atoms with Gasteiger partial charge < -0.3 is 14.2 Å². The maximum atomic E-state index is 13.1. The average Bonchev–Trinajstić information content (AvgIpc) is 2.89. The Kier molecular flexibility index (Phi) is 11.0. The lowest BCUT2D eigenvalue weighted by atomic mass is 10.1. The van der Waals surface area contributed by atoms with E-state index >= 15 is 0 Å². The third-order valence-electron chi connectivity index (χ3n) is 5.74. The molecule has 3 rings (SSSR count). The number of benzene rings is 3. The molecule has 218 valence electrons. The summed E-state index contributed by atoms with van der Waals surface area (Å²) in [6.45, 7) is 8.02. The Balaban J connectivity index is 1.64. The third-order valence-corrected chi connectivity index (χ3v) is 8.68. The van der Waals surface area contributed by atoms with E-state index in [1.807, 2.05) is 76.2 Å². The Morgan fingerprint density at radius 2 is 1.10 bits per heavy atom. The molecule has 0 unspecified atom stereocenters. The maximum Gasteiger partial charge on any atom is 0.244 e. The molecule has 0 atom stereocenters. The molecule has 11 heteroatoms. The number of nitrogens with one attached hydrogen (secondary N) is 2. The third kappa shape index (κ3) is 9.22. The molecule has 0 aliphatic heterocycles. The second-order valence-electron chi connectivity index (χ2n) is 9.73. The van der Waals surface area contributed by atoms with Gasteiger partial charge in [0.25, 0.3) is 0 Å². The van der Waals surface area contributed by atoms with E-state index in [1.54, 1.807) is 0 Å². The summed E-state index contributed by atoms with van der Waals surface area (Å²) in [6, 6.07) is 18.6. The summed E-state index contributed by atoms with van der Waals surface area (Å²) >= 11 is 0. The Hall–Kier alpha value is -3.12. The van der Waals surface area contributed by atoms with Gasteiger partial charge in [-0.15, -0.1) is 0 Å². The van der Waals surface area contributed by atoms with Crippen LogP contribution in [0, 0.1) is 0 Å². The lowest BCUT2D eigenvalue weighted by Crippen LogP contribution is -2.28.